The van der Waals surface area contributed by atoms with E-state index in [9.17, 15) is 26.6 Å². The highest BCUT2D eigenvalue weighted by atomic mass is 32.2. The van der Waals surface area contributed by atoms with E-state index in [0.717, 1.165) is 18.3 Å². The first kappa shape index (κ1) is 29.9. The predicted octanol–water partition coefficient (Wildman–Crippen LogP) is 3.69. The number of amidine groups is 2. The average molecular weight is 591 g/mol. The number of nitrogens with two attached hydrogens (primary N) is 1. The van der Waals surface area contributed by atoms with Crippen LogP contribution in [0.4, 0.5) is 22.0 Å². The summed E-state index contributed by atoms with van der Waals surface area (Å²) >= 11 is 0. The molecule has 1 aromatic heterocycles. The molecule has 15 heteroatoms. The van der Waals surface area contributed by atoms with Gasteiger partial charge < -0.3 is 15.8 Å². The van der Waals surface area contributed by atoms with Crippen LogP contribution in [0.5, 0.6) is 5.75 Å². The third kappa shape index (κ3) is 4.75. The molecule has 1 aromatic rings. The van der Waals surface area contributed by atoms with E-state index in [1.165, 1.54) is 19.1 Å². The Morgan fingerprint density at radius 2 is 1.93 bits per heavy atom. The molecule has 3 aliphatic rings. The van der Waals surface area contributed by atoms with Gasteiger partial charge in [-0.25, -0.2) is 26.7 Å². The number of alkyl halides is 5. The summed E-state index contributed by atoms with van der Waals surface area (Å²) in [5.74, 6) is -5.28. The molecule has 40 heavy (non-hydrogen) atoms. The molecule has 0 saturated carbocycles. The summed E-state index contributed by atoms with van der Waals surface area (Å²) in [6, 6.07) is 2.26. The number of fused-ring (bicyclic) bond motifs is 1. The van der Waals surface area contributed by atoms with E-state index in [4.69, 9.17) is 10.7 Å². The number of dihydropyridines is 1. The van der Waals surface area contributed by atoms with Crippen LogP contribution in [0.2, 0.25) is 0 Å². The van der Waals surface area contributed by atoms with Crippen LogP contribution in [0.1, 0.15) is 51.0 Å². The number of aromatic nitrogens is 1. The maximum Gasteiger partial charge on any atom is 0.340 e. The van der Waals surface area contributed by atoms with Gasteiger partial charge in [-0.2, -0.15) is 8.78 Å². The van der Waals surface area contributed by atoms with Gasteiger partial charge in [-0.1, -0.05) is 0 Å². The summed E-state index contributed by atoms with van der Waals surface area (Å²) in [6.45, 7) is 5.45. The number of carbonyl (C=O) groups excluding carboxylic acids is 1. The minimum atomic E-state index is -4.35. The van der Waals surface area contributed by atoms with Gasteiger partial charge in [0.2, 0.25) is 0 Å². The maximum absolute atomic E-state index is 15.7. The molecule has 1 amide bonds. The van der Waals surface area contributed by atoms with E-state index >= 15 is 4.39 Å². The monoisotopic (exact) mass is 590 g/mol. The quantitative estimate of drug-likeness (QED) is 0.488. The van der Waals surface area contributed by atoms with Crippen LogP contribution in [0.15, 0.2) is 44.8 Å². The van der Waals surface area contributed by atoms with E-state index in [-0.39, 0.29) is 23.1 Å². The molecule has 220 valence electrons. The molecule has 0 aromatic carbocycles. The van der Waals surface area contributed by atoms with Gasteiger partial charge in [-0.05, 0) is 64.8 Å². The first-order chi connectivity index (χ1) is 18.5. The van der Waals surface area contributed by atoms with Crippen molar-refractivity contribution in [3.63, 3.8) is 0 Å². The highest BCUT2D eigenvalue weighted by molar-refractivity contribution is 7.96. The van der Waals surface area contributed by atoms with Crippen molar-refractivity contribution in [3.05, 3.63) is 36.2 Å². The fraction of sp³-hybridized carbons (Fsp3) is 0.600. The first-order valence-electron chi connectivity index (χ1n) is 12.5. The van der Waals surface area contributed by atoms with Gasteiger partial charge >= 0.3 is 12.3 Å². The summed E-state index contributed by atoms with van der Waals surface area (Å²) in [6.07, 6.45) is -1.01. The SMILES string of the molecule is CC1([C@@]2(C)N=C(N)C(C)(C)[S@@]3(=O)=NCCC[C@H]23)N=C(NC(=O)c2ccc(OCC(F)(F)C(F)F)cn2)C=CC1F. The van der Waals surface area contributed by atoms with Crippen molar-refractivity contribution >= 4 is 27.3 Å². The molecular weight excluding hydrogens is 559 g/mol. The summed E-state index contributed by atoms with van der Waals surface area (Å²) in [4.78, 5) is 25.9. The zero-order valence-electron chi connectivity index (χ0n) is 22.3. The molecule has 3 aliphatic heterocycles. The third-order valence-corrected chi connectivity index (χ3v) is 11.6. The highest BCUT2D eigenvalue weighted by Crippen LogP contribution is 2.50. The fourth-order valence-electron chi connectivity index (χ4n) is 5.08. The number of hydrogen-bond donors (Lipinski definition) is 2. The van der Waals surface area contributed by atoms with E-state index < -0.39 is 61.8 Å². The van der Waals surface area contributed by atoms with Crippen molar-refractivity contribution < 1.29 is 35.7 Å². The Morgan fingerprint density at radius 3 is 2.55 bits per heavy atom. The summed E-state index contributed by atoms with van der Waals surface area (Å²) in [7, 11) is -2.97. The van der Waals surface area contributed by atoms with Crippen LogP contribution in [-0.2, 0) is 9.73 Å². The first-order valence-corrected chi connectivity index (χ1v) is 14.1. The van der Waals surface area contributed by atoms with Gasteiger partial charge in [0.15, 0.2) is 6.61 Å². The Labute approximate surface area is 228 Å². The van der Waals surface area contributed by atoms with Crippen LogP contribution in [0.25, 0.3) is 0 Å². The van der Waals surface area contributed by atoms with Crippen LogP contribution >= 0.6 is 0 Å². The van der Waals surface area contributed by atoms with Crippen LogP contribution in [-0.4, -0.2) is 79.5 Å². The summed E-state index contributed by atoms with van der Waals surface area (Å²) in [5.41, 5.74) is 3.15. The topological polar surface area (TPSA) is 131 Å². The lowest BCUT2D eigenvalue weighted by atomic mass is 9.72. The molecule has 9 nitrogen and oxygen atoms in total. The number of nitrogens with zero attached hydrogens (tertiary/aromatic N) is 4. The minimum Gasteiger partial charge on any atom is -0.485 e. The van der Waals surface area contributed by atoms with Crippen molar-refractivity contribution in [2.45, 2.75) is 80.1 Å². The predicted molar refractivity (Wildman–Crippen MR) is 141 cm³/mol. The fourth-order valence-corrected chi connectivity index (χ4v) is 8.44. The Hall–Kier alpha value is -3.10. The van der Waals surface area contributed by atoms with Gasteiger partial charge in [-0.15, -0.1) is 0 Å². The molecule has 2 unspecified atom stereocenters. The number of carbonyl (C=O) groups is 1. The molecule has 0 fully saturated rings. The van der Waals surface area contributed by atoms with Gasteiger partial charge in [0.1, 0.15) is 45.1 Å². The Balaban J connectivity index is 1.59. The molecule has 4 heterocycles. The van der Waals surface area contributed by atoms with E-state index in [0.29, 0.717) is 19.4 Å². The lowest BCUT2D eigenvalue weighted by molar-refractivity contribution is -0.148. The van der Waals surface area contributed by atoms with Crippen LogP contribution < -0.4 is 15.8 Å². The molecule has 0 saturated heterocycles. The van der Waals surface area contributed by atoms with Gasteiger partial charge in [-0.3, -0.25) is 14.8 Å². The van der Waals surface area contributed by atoms with Crippen molar-refractivity contribution in [2.24, 2.45) is 20.1 Å². The minimum absolute atomic E-state index is 0.0146. The number of hydrogen-bond acceptors (Lipinski definition) is 8. The second kappa shape index (κ2) is 10.1. The lowest BCUT2D eigenvalue weighted by Gasteiger charge is -2.54. The van der Waals surface area contributed by atoms with Crippen molar-refractivity contribution in [3.8, 4) is 5.75 Å². The Kier molecular flexibility index (Phi) is 7.52. The second-order valence-corrected chi connectivity index (χ2v) is 13.8. The number of rotatable bonds is 6. The lowest BCUT2D eigenvalue weighted by Crippen LogP contribution is -2.70. The molecule has 0 bridgehead atoms. The number of ether oxygens (including phenoxy) is 1. The highest BCUT2D eigenvalue weighted by Gasteiger charge is 2.63. The average Bonchev–Trinajstić information content (AvgIpc) is 2.89. The Bertz CT molecular complexity index is 1390. The summed E-state index contributed by atoms with van der Waals surface area (Å²) in [5, 5.41) is 1.87. The van der Waals surface area contributed by atoms with E-state index in [2.05, 4.69) is 24.4 Å². The molecular formula is C25H31F5N6O3S. The third-order valence-electron chi connectivity index (χ3n) is 7.92. The molecule has 0 spiro atoms. The van der Waals surface area contributed by atoms with Crippen LogP contribution in [0, 0.1) is 0 Å². The van der Waals surface area contributed by atoms with Gasteiger partial charge in [0.05, 0.1) is 21.2 Å². The molecule has 5 atom stereocenters. The molecule has 3 N–H and O–H groups in total. The number of halogens is 5. The number of pyridine rings is 1. The zero-order valence-corrected chi connectivity index (χ0v) is 23.2. The van der Waals surface area contributed by atoms with E-state index in [1.807, 2.05) is 0 Å². The molecule has 0 radical (unpaired) electrons. The number of nitrogens with one attached hydrogen (secondary N) is 1. The zero-order chi connectivity index (χ0) is 29.7. The smallest absolute Gasteiger partial charge is 0.340 e. The van der Waals surface area contributed by atoms with Crippen molar-refractivity contribution in [2.75, 3.05) is 13.2 Å². The number of aliphatic imine (C=N–C) groups is 2. The second-order valence-electron chi connectivity index (χ2n) is 10.8. The maximum atomic E-state index is 15.7. The van der Waals surface area contributed by atoms with Crippen LogP contribution in [0.3, 0.4) is 0 Å². The van der Waals surface area contributed by atoms with E-state index in [1.54, 1.807) is 20.8 Å². The molecule has 4 rings (SSSR count). The number of amides is 1. The van der Waals surface area contributed by atoms with Crippen molar-refractivity contribution in [1.82, 2.24) is 10.3 Å². The van der Waals surface area contributed by atoms with Gasteiger partial charge in [0.25, 0.3) is 5.91 Å². The summed E-state index contributed by atoms with van der Waals surface area (Å²) < 4.78 is 88.9. The Morgan fingerprint density at radius 1 is 1.23 bits per heavy atom. The molecule has 0 aliphatic carbocycles. The normalized spacial score (nSPS) is 33.4. The van der Waals surface area contributed by atoms with Gasteiger partial charge in [0, 0.05) is 6.54 Å². The standard InChI is InChI=1S/C25H31F5N6O3S/c1-22(2)21(31)36-24(4,17-6-5-11-33-40(17,22)38)23(3)16(26)9-10-18(35-23)34-19(37)15-8-7-14(12-32-15)39-13-25(29,30)20(27)28/h7-10,12,16-17,20H,5-6,11,13H2,1-4H3,(H2,31,36)(H,34,35,37)/t16?,17-,23?,24+,40-/m1/s1. The largest absolute Gasteiger partial charge is 0.485 e. The van der Waals surface area contributed by atoms with Crippen molar-refractivity contribution in [1.29, 1.82) is 0 Å².